The van der Waals surface area contributed by atoms with Gasteiger partial charge in [-0.05, 0) is 37.5 Å². The Labute approximate surface area is 419 Å². The van der Waals surface area contributed by atoms with E-state index >= 15 is 0 Å². The molecule has 0 amide bonds. The highest BCUT2D eigenvalue weighted by molar-refractivity contribution is 7.58. The van der Waals surface area contributed by atoms with E-state index in [1.165, 1.54) is 116 Å². The van der Waals surface area contributed by atoms with Gasteiger partial charge in [0.2, 0.25) is 7.37 Å². The molecule has 0 heterocycles. The maximum absolute atomic E-state index is 12.0. The average molecular weight is 1000 g/mol. The summed E-state index contributed by atoms with van der Waals surface area (Å²) in [6, 6.07) is 6.13. The summed E-state index contributed by atoms with van der Waals surface area (Å²) < 4.78 is 74.1. The van der Waals surface area contributed by atoms with Gasteiger partial charge in [-0.25, -0.2) is 0 Å². The second-order valence-electron chi connectivity index (χ2n) is 17.5. The Bertz CT molecular complexity index is 1320. The van der Waals surface area contributed by atoms with Crippen LogP contribution in [0.25, 0.3) is 0 Å². The van der Waals surface area contributed by atoms with Gasteiger partial charge in [0, 0.05) is 25.1 Å². The zero-order chi connectivity index (χ0) is 49.8. The topological polar surface area (TPSA) is 169 Å². The maximum atomic E-state index is 12.0. The summed E-state index contributed by atoms with van der Waals surface area (Å²) >= 11 is 0. The van der Waals surface area contributed by atoms with Crippen molar-refractivity contribution < 1.29 is 56.5 Å². The predicted octanol–water partition coefficient (Wildman–Crippen LogP) is 11.2. The summed E-state index contributed by atoms with van der Waals surface area (Å²) in [7, 11) is -2.54. The third kappa shape index (κ3) is 45.4. The monoisotopic (exact) mass is 1000 g/mol. The highest BCUT2D eigenvalue weighted by Crippen LogP contribution is 2.41. The lowest BCUT2D eigenvalue weighted by molar-refractivity contribution is -0.0221. The molecular formula is C53H100N3O12P. The lowest BCUT2D eigenvalue weighted by Crippen LogP contribution is -2.17. The van der Waals surface area contributed by atoms with E-state index in [2.05, 4.69) is 36.1 Å². The normalized spacial score (nSPS) is 12.9. The second kappa shape index (κ2) is 50.8. The van der Waals surface area contributed by atoms with Gasteiger partial charge < -0.3 is 57.7 Å². The Morgan fingerprint density at radius 3 is 1.19 bits per heavy atom. The van der Waals surface area contributed by atoms with Gasteiger partial charge in [-0.1, -0.05) is 129 Å². The van der Waals surface area contributed by atoms with Gasteiger partial charge in [0.15, 0.2) is 0 Å². The molecular weight excluding hydrogens is 902 g/mol. The molecule has 404 valence electrons. The van der Waals surface area contributed by atoms with E-state index in [1.807, 2.05) is 13.0 Å². The molecule has 1 unspecified atom stereocenters. The Kier molecular flexibility index (Phi) is 47.7. The number of ether oxygens (including phenoxy) is 10. The molecule has 0 aromatic heterocycles. The molecule has 1 atom stereocenters. The van der Waals surface area contributed by atoms with Crippen LogP contribution < -0.4 is 15.3 Å². The first-order valence-electron chi connectivity index (χ1n) is 26.9. The van der Waals surface area contributed by atoms with Crippen LogP contribution in [0.15, 0.2) is 28.3 Å². The number of nitrogens with zero attached hydrogens (tertiary/aromatic N) is 2. The molecule has 0 spiro atoms. The lowest BCUT2D eigenvalue weighted by Gasteiger charge is -2.12. The van der Waals surface area contributed by atoms with Crippen LogP contribution in [-0.2, 0) is 53.5 Å². The molecule has 1 rings (SSSR count). The molecule has 0 saturated carbocycles. The van der Waals surface area contributed by atoms with E-state index < -0.39 is 7.37 Å². The number of nitrogens with two attached hydrogens (primary N) is 1. The molecule has 69 heavy (non-hydrogen) atoms. The average Bonchev–Trinajstić information content (AvgIpc) is 3.34. The van der Waals surface area contributed by atoms with Crippen LogP contribution in [0.4, 0.5) is 0 Å². The van der Waals surface area contributed by atoms with E-state index in [0.29, 0.717) is 137 Å². The quantitative estimate of drug-likeness (QED) is 0.0215. The van der Waals surface area contributed by atoms with Crippen molar-refractivity contribution in [1.29, 1.82) is 0 Å². The van der Waals surface area contributed by atoms with Gasteiger partial charge in [-0.2, -0.15) is 5.10 Å². The number of hydrogen-bond donors (Lipinski definition) is 1. The van der Waals surface area contributed by atoms with E-state index in [-0.39, 0.29) is 6.61 Å². The van der Waals surface area contributed by atoms with Crippen molar-refractivity contribution in [1.82, 2.24) is 0 Å². The van der Waals surface area contributed by atoms with Crippen molar-refractivity contribution in [2.24, 2.45) is 15.9 Å². The van der Waals surface area contributed by atoms with E-state index in [4.69, 9.17) is 57.7 Å². The van der Waals surface area contributed by atoms with Crippen LogP contribution >= 0.6 is 7.37 Å². The molecule has 0 radical (unpaired) electrons. The molecule has 0 aliphatic heterocycles. The Balaban J connectivity index is 2.18. The Morgan fingerprint density at radius 1 is 0.478 bits per heavy atom. The molecule has 15 nitrogen and oxygen atoms in total. The van der Waals surface area contributed by atoms with E-state index in [0.717, 1.165) is 29.9 Å². The summed E-state index contributed by atoms with van der Waals surface area (Å²) in [5.41, 5.74) is 1.56. The highest BCUT2D eigenvalue weighted by Gasteiger charge is 2.14. The first kappa shape index (κ1) is 64.8. The summed E-state index contributed by atoms with van der Waals surface area (Å²) in [5.74, 6) is 7.32. The third-order valence-electron chi connectivity index (χ3n) is 11.1. The highest BCUT2D eigenvalue weighted by atomic mass is 31.2. The van der Waals surface area contributed by atoms with Crippen LogP contribution in [0, 0.1) is 0 Å². The van der Waals surface area contributed by atoms with Crippen molar-refractivity contribution in [2.75, 3.05) is 138 Å². The zero-order valence-corrected chi connectivity index (χ0v) is 45.0. The molecule has 0 saturated heterocycles. The molecule has 16 heteroatoms. The fourth-order valence-corrected chi connectivity index (χ4v) is 8.23. The Morgan fingerprint density at radius 2 is 0.826 bits per heavy atom. The number of hydrogen-bond acceptors (Lipinski definition) is 15. The van der Waals surface area contributed by atoms with Crippen LogP contribution in [0.5, 0.6) is 11.5 Å². The molecule has 0 aliphatic rings. The number of hydrazone groups is 1. The van der Waals surface area contributed by atoms with Crippen LogP contribution in [0.1, 0.15) is 155 Å². The zero-order valence-electron chi connectivity index (χ0n) is 44.1. The minimum absolute atomic E-state index is 0.234. The van der Waals surface area contributed by atoms with Crippen molar-refractivity contribution in [3.05, 3.63) is 23.8 Å². The number of benzene rings is 1. The molecule has 0 bridgehead atoms. The van der Waals surface area contributed by atoms with Crippen LogP contribution in [0.3, 0.4) is 0 Å². The van der Waals surface area contributed by atoms with Gasteiger partial charge in [0.25, 0.3) is 0 Å². The lowest BCUT2D eigenvalue weighted by atomic mass is 10.1. The van der Waals surface area contributed by atoms with Gasteiger partial charge in [0.1, 0.15) is 17.2 Å². The summed E-state index contributed by atoms with van der Waals surface area (Å²) in [6.07, 6.45) is 28.0. The van der Waals surface area contributed by atoms with E-state index in [1.54, 1.807) is 12.9 Å². The Hall–Kier alpha value is -2.17. The van der Waals surface area contributed by atoms with Gasteiger partial charge in [-0.3, -0.25) is 9.56 Å². The summed E-state index contributed by atoms with van der Waals surface area (Å²) in [5, 5.41) is 3.87. The van der Waals surface area contributed by atoms with Crippen molar-refractivity contribution in [3.8, 4) is 11.5 Å². The SMILES string of the molecule is CCCCCCCCCCCCOc1cc(CN=CC(COCCOCCOCCOCCOCCOCCOCCOCCP(C)(=O)OCC)=NN)cc(OCCCCCCCCCCCC)c1. The molecule has 0 aliphatic carbocycles. The molecule has 2 N–H and O–H groups in total. The van der Waals surface area contributed by atoms with Gasteiger partial charge in [0.05, 0.1) is 132 Å². The van der Waals surface area contributed by atoms with Crippen LogP contribution in [0.2, 0.25) is 0 Å². The minimum atomic E-state index is -2.54. The van der Waals surface area contributed by atoms with Crippen molar-refractivity contribution in [3.63, 3.8) is 0 Å². The van der Waals surface area contributed by atoms with Gasteiger partial charge in [-0.15, -0.1) is 0 Å². The standard InChI is InChI=1S/C53H100N3O12P/c1-5-8-10-12-14-16-18-20-22-24-26-66-52-44-50(45-53(46-52)67-27-25-23-21-19-17-15-13-11-9-6-2)47-55-48-51(56-54)49-65-41-40-63-37-36-61-33-32-59-29-28-58-30-31-60-34-35-62-38-39-64-42-43-69(4,57)68-7-3/h44-46,48H,5-43,47,49,54H2,1-4H3. The largest absolute Gasteiger partial charge is 0.493 e. The number of rotatable bonds is 55. The van der Waals surface area contributed by atoms with Crippen molar-refractivity contribution in [2.45, 2.75) is 156 Å². The summed E-state index contributed by atoms with van der Waals surface area (Å²) in [4.78, 5) is 4.63. The number of unbranched alkanes of at least 4 members (excludes halogenated alkanes) is 18. The minimum Gasteiger partial charge on any atom is -0.493 e. The summed E-state index contributed by atoms with van der Waals surface area (Å²) in [6.45, 7) is 17.4. The first-order valence-corrected chi connectivity index (χ1v) is 29.2. The molecule has 1 aromatic rings. The maximum Gasteiger partial charge on any atom is 0.202 e. The smallest absolute Gasteiger partial charge is 0.202 e. The fourth-order valence-electron chi connectivity index (χ4n) is 7.10. The predicted molar refractivity (Wildman–Crippen MR) is 282 cm³/mol. The first-order chi connectivity index (χ1) is 33.9. The van der Waals surface area contributed by atoms with E-state index in [9.17, 15) is 4.57 Å². The third-order valence-corrected chi connectivity index (χ3v) is 12.9. The van der Waals surface area contributed by atoms with Crippen molar-refractivity contribution >= 4 is 19.3 Å². The second-order valence-corrected chi connectivity index (χ2v) is 20.2. The molecule has 0 fully saturated rings. The molecule has 1 aromatic carbocycles. The number of aliphatic imine (C=N–C) groups is 1. The van der Waals surface area contributed by atoms with Gasteiger partial charge >= 0.3 is 0 Å². The fraction of sp³-hybridized carbons (Fsp3) is 0.849. The van der Waals surface area contributed by atoms with Crippen LogP contribution in [-0.4, -0.2) is 150 Å².